The van der Waals surface area contributed by atoms with Gasteiger partial charge >= 0.3 is 0 Å². The molecule has 0 saturated heterocycles. The van der Waals surface area contributed by atoms with E-state index in [9.17, 15) is 4.39 Å². The molecular weight excluding hydrogens is 177 g/mol. The SMILES string of the molecule is NC(=S)c1ccc(F)cc1CO. The van der Waals surface area contributed by atoms with Gasteiger partial charge in [-0.05, 0) is 23.8 Å². The zero-order valence-corrected chi connectivity index (χ0v) is 7.07. The fourth-order valence-electron chi connectivity index (χ4n) is 0.933. The minimum atomic E-state index is -0.404. The van der Waals surface area contributed by atoms with E-state index in [1.807, 2.05) is 0 Å². The second-order valence-electron chi connectivity index (χ2n) is 2.32. The fourth-order valence-corrected chi connectivity index (χ4v) is 1.13. The van der Waals surface area contributed by atoms with Crippen molar-refractivity contribution in [2.45, 2.75) is 6.61 Å². The molecule has 0 aliphatic carbocycles. The Hall–Kier alpha value is -1.00. The summed E-state index contributed by atoms with van der Waals surface area (Å²) in [6, 6.07) is 3.94. The van der Waals surface area contributed by atoms with Gasteiger partial charge in [-0.1, -0.05) is 12.2 Å². The molecular formula is C8H8FNOS. The van der Waals surface area contributed by atoms with Gasteiger partial charge in [-0.15, -0.1) is 0 Å². The van der Waals surface area contributed by atoms with Gasteiger partial charge in [-0.3, -0.25) is 0 Å². The van der Waals surface area contributed by atoms with Crippen LogP contribution in [0.3, 0.4) is 0 Å². The van der Waals surface area contributed by atoms with E-state index in [1.54, 1.807) is 0 Å². The van der Waals surface area contributed by atoms with E-state index in [4.69, 9.17) is 23.1 Å². The summed E-state index contributed by atoms with van der Waals surface area (Å²) in [6.07, 6.45) is 0. The number of nitrogens with two attached hydrogens (primary N) is 1. The predicted molar refractivity (Wildman–Crippen MR) is 48.2 cm³/mol. The zero-order valence-electron chi connectivity index (χ0n) is 6.25. The van der Waals surface area contributed by atoms with Crippen LogP contribution in [0, 0.1) is 5.82 Å². The first-order valence-corrected chi connectivity index (χ1v) is 3.75. The van der Waals surface area contributed by atoms with Crippen LogP contribution in [0.2, 0.25) is 0 Å². The van der Waals surface area contributed by atoms with E-state index in [0.717, 1.165) is 0 Å². The highest BCUT2D eigenvalue weighted by Crippen LogP contribution is 2.10. The molecule has 4 heteroatoms. The van der Waals surface area contributed by atoms with E-state index < -0.39 is 5.82 Å². The number of hydrogen-bond acceptors (Lipinski definition) is 2. The lowest BCUT2D eigenvalue weighted by Gasteiger charge is -2.04. The third-order valence-corrected chi connectivity index (χ3v) is 1.72. The Bertz CT molecular complexity index is 314. The monoisotopic (exact) mass is 185 g/mol. The molecule has 0 heterocycles. The summed E-state index contributed by atoms with van der Waals surface area (Å²) in [5, 5.41) is 8.81. The molecule has 2 nitrogen and oxygen atoms in total. The van der Waals surface area contributed by atoms with Crippen LogP contribution >= 0.6 is 12.2 Å². The molecule has 0 amide bonds. The van der Waals surface area contributed by atoms with Crippen LogP contribution in [-0.2, 0) is 6.61 Å². The van der Waals surface area contributed by atoms with Crippen LogP contribution in [0.5, 0.6) is 0 Å². The Balaban J connectivity index is 3.20. The van der Waals surface area contributed by atoms with E-state index >= 15 is 0 Å². The molecule has 0 unspecified atom stereocenters. The Kier molecular flexibility index (Phi) is 2.73. The van der Waals surface area contributed by atoms with Crippen molar-refractivity contribution in [2.75, 3.05) is 0 Å². The van der Waals surface area contributed by atoms with Gasteiger partial charge in [-0.2, -0.15) is 0 Å². The molecule has 0 fully saturated rings. The lowest BCUT2D eigenvalue weighted by Crippen LogP contribution is -2.12. The minimum absolute atomic E-state index is 0.166. The Labute approximate surface area is 74.8 Å². The maximum atomic E-state index is 12.6. The van der Waals surface area contributed by atoms with Crippen molar-refractivity contribution in [1.29, 1.82) is 0 Å². The second kappa shape index (κ2) is 3.60. The summed E-state index contributed by atoms with van der Waals surface area (Å²) in [5.74, 6) is -0.404. The molecule has 1 rings (SSSR count). The summed E-state index contributed by atoms with van der Waals surface area (Å²) in [6.45, 7) is -0.259. The van der Waals surface area contributed by atoms with Crippen LogP contribution in [0.25, 0.3) is 0 Å². The van der Waals surface area contributed by atoms with Gasteiger partial charge in [0.25, 0.3) is 0 Å². The van der Waals surface area contributed by atoms with Gasteiger partial charge < -0.3 is 10.8 Å². The number of benzene rings is 1. The van der Waals surface area contributed by atoms with Crippen LogP contribution < -0.4 is 5.73 Å². The molecule has 0 bridgehead atoms. The molecule has 0 aliphatic heterocycles. The summed E-state index contributed by atoms with van der Waals surface area (Å²) in [5.41, 5.74) is 6.28. The number of rotatable bonds is 2. The molecule has 0 spiro atoms. The average Bonchev–Trinajstić information content (AvgIpc) is 2.03. The molecule has 0 radical (unpaired) electrons. The summed E-state index contributed by atoms with van der Waals surface area (Å²) >= 11 is 4.70. The number of hydrogen-bond donors (Lipinski definition) is 2. The standard InChI is InChI=1S/C8H8FNOS/c9-6-1-2-7(8(10)12)5(3-6)4-11/h1-3,11H,4H2,(H2,10,12). The number of aliphatic hydroxyl groups is 1. The van der Waals surface area contributed by atoms with Gasteiger partial charge in [-0.25, -0.2) is 4.39 Å². The first-order valence-electron chi connectivity index (χ1n) is 3.34. The largest absolute Gasteiger partial charge is 0.392 e. The maximum Gasteiger partial charge on any atom is 0.123 e. The van der Waals surface area contributed by atoms with Crippen LogP contribution in [0.1, 0.15) is 11.1 Å². The smallest absolute Gasteiger partial charge is 0.123 e. The average molecular weight is 185 g/mol. The van der Waals surface area contributed by atoms with Crippen molar-refractivity contribution in [2.24, 2.45) is 5.73 Å². The quantitative estimate of drug-likeness (QED) is 0.674. The maximum absolute atomic E-state index is 12.6. The van der Waals surface area contributed by atoms with Crippen LogP contribution in [0.4, 0.5) is 4.39 Å². The molecule has 0 saturated carbocycles. The fraction of sp³-hybridized carbons (Fsp3) is 0.125. The van der Waals surface area contributed by atoms with Crippen molar-refractivity contribution >= 4 is 17.2 Å². The van der Waals surface area contributed by atoms with Crippen LogP contribution in [0.15, 0.2) is 18.2 Å². The Morgan fingerprint density at radius 2 is 2.25 bits per heavy atom. The molecule has 0 aliphatic rings. The van der Waals surface area contributed by atoms with Crippen molar-refractivity contribution in [3.8, 4) is 0 Å². The lowest BCUT2D eigenvalue weighted by atomic mass is 10.1. The lowest BCUT2D eigenvalue weighted by molar-refractivity contribution is 0.281. The van der Waals surface area contributed by atoms with Gasteiger partial charge in [0.1, 0.15) is 10.8 Å². The van der Waals surface area contributed by atoms with Crippen molar-refractivity contribution in [3.63, 3.8) is 0 Å². The minimum Gasteiger partial charge on any atom is -0.392 e. The van der Waals surface area contributed by atoms with E-state index in [2.05, 4.69) is 0 Å². The number of aliphatic hydroxyl groups excluding tert-OH is 1. The predicted octanol–water partition coefficient (Wildman–Crippen LogP) is 0.952. The van der Waals surface area contributed by atoms with Gasteiger partial charge in [0.15, 0.2) is 0 Å². The Morgan fingerprint density at radius 1 is 1.58 bits per heavy atom. The highest BCUT2D eigenvalue weighted by Gasteiger charge is 2.04. The van der Waals surface area contributed by atoms with Gasteiger partial charge in [0, 0.05) is 5.56 Å². The normalized spacial score (nSPS) is 9.83. The zero-order chi connectivity index (χ0) is 9.14. The van der Waals surface area contributed by atoms with Crippen LogP contribution in [-0.4, -0.2) is 10.1 Å². The van der Waals surface area contributed by atoms with Crippen molar-refractivity contribution in [1.82, 2.24) is 0 Å². The molecule has 1 aromatic carbocycles. The summed E-state index contributed by atoms with van der Waals surface area (Å²) in [4.78, 5) is 0.166. The van der Waals surface area contributed by atoms with E-state index in [1.165, 1.54) is 18.2 Å². The van der Waals surface area contributed by atoms with E-state index in [0.29, 0.717) is 11.1 Å². The molecule has 0 atom stereocenters. The topological polar surface area (TPSA) is 46.2 Å². The first kappa shape index (κ1) is 9.09. The summed E-state index contributed by atoms with van der Waals surface area (Å²) in [7, 11) is 0. The van der Waals surface area contributed by atoms with E-state index in [-0.39, 0.29) is 11.6 Å². The highest BCUT2D eigenvalue weighted by atomic mass is 32.1. The number of halogens is 1. The van der Waals surface area contributed by atoms with Gasteiger partial charge in [0.2, 0.25) is 0 Å². The molecule has 64 valence electrons. The Morgan fingerprint density at radius 3 is 2.75 bits per heavy atom. The second-order valence-corrected chi connectivity index (χ2v) is 2.76. The first-order chi connectivity index (χ1) is 5.65. The molecule has 0 aromatic heterocycles. The van der Waals surface area contributed by atoms with Crippen molar-refractivity contribution in [3.05, 3.63) is 35.1 Å². The molecule has 1 aromatic rings. The summed E-state index contributed by atoms with van der Waals surface area (Å²) < 4.78 is 12.6. The third-order valence-electron chi connectivity index (χ3n) is 1.50. The van der Waals surface area contributed by atoms with Gasteiger partial charge in [0.05, 0.1) is 6.61 Å². The molecule has 3 N–H and O–H groups in total. The highest BCUT2D eigenvalue weighted by molar-refractivity contribution is 7.80. The van der Waals surface area contributed by atoms with Crippen molar-refractivity contribution < 1.29 is 9.50 Å². The molecule has 12 heavy (non-hydrogen) atoms. The third kappa shape index (κ3) is 1.78. The number of thiocarbonyl (C=S) groups is 1.